The zero-order valence-corrected chi connectivity index (χ0v) is 8.90. The predicted molar refractivity (Wildman–Crippen MR) is 55.9 cm³/mol. The minimum atomic E-state index is -0.769. The van der Waals surface area contributed by atoms with Gasteiger partial charge in [0.2, 0.25) is 0 Å². The average Bonchev–Trinajstić information content (AvgIpc) is 2.59. The summed E-state index contributed by atoms with van der Waals surface area (Å²) in [4.78, 5) is 10.8. The molecular weight excluding hydrogens is 194 g/mol. The molecule has 0 spiro atoms. The van der Waals surface area contributed by atoms with Gasteiger partial charge in [-0.1, -0.05) is 13.8 Å². The molecule has 0 bridgehead atoms. The van der Waals surface area contributed by atoms with Crippen LogP contribution >= 0.6 is 0 Å². The van der Waals surface area contributed by atoms with Crippen LogP contribution in [0.15, 0.2) is 6.20 Å². The van der Waals surface area contributed by atoms with Crippen molar-refractivity contribution in [3.8, 4) is 0 Å². The van der Waals surface area contributed by atoms with Gasteiger partial charge in [-0.25, -0.2) is 4.68 Å². The smallest absolute Gasteiger partial charge is 0.310 e. The van der Waals surface area contributed by atoms with Crippen molar-refractivity contribution in [3.05, 3.63) is 11.8 Å². The zero-order chi connectivity index (χ0) is 11.0. The number of nitrogens with zero attached hydrogens (tertiary/aromatic N) is 2. The molecule has 2 rings (SSSR count). The van der Waals surface area contributed by atoms with E-state index in [2.05, 4.69) is 24.3 Å². The maximum Gasteiger partial charge on any atom is 0.310 e. The standard InChI is InChI=1S/C10H15N3O2/c1-6(2)8-4-12-13-5-7(10(14)15)3-11-9(8)13/h4,6-7,11H,3,5H2,1-2H3,(H,14,15). The number of aromatic nitrogens is 2. The molecule has 82 valence electrons. The molecule has 0 amide bonds. The molecule has 1 unspecified atom stereocenters. The Morgan fingerprint density at radius 1 is 1.73 bits per heavy atom. The van der Waals surface area contributed by atoms with Gasteiger partial charge in [-0.15, -0.1) is 0 Å². The molecule has 1 atom stereocenters. The Hall–Kier alpha value is -1.52. The van der Waals surface area contributed by atoms with Crippen LogP contribution in [-0.2, 0) is 11.3 Å². The summed E-state index contributed by atoms with van der Waals surface area (Å²) in [6, 6.07) is 0. The molecule has 0 aromatic carbocycles. The van der Waals surface area contributed by atoms with E-state index in [4.69, 9.17) is 5.11 Å². The van der Waals surface area contributed by atoms with Crippen LogP contribution in [0.1, 0.15) is 25.3 Å². The van der Waals surface area contributed by atoms with Crippen molar-refractivity contribution in [3.63, 3.8) is 0 Å². The predicted octanol–water partition coefficient (Wildman–Crippen LogP) is 1.13. The van der Waals surface area contributed by atoms with Gasteiger partial charge in [-0.05, 0) is 5.92 Å². The fraction of sp³-hybridized carbons (Fsp3) is 0.600. The average molecular weight is 209 g/mol. The fourth-order valence-electron chi connectivity index (χ4n) is 1.81. The van der Waals surface area contributed by atoms with Crippen molar-refractivity contribution >= 4 is 11.8 Å². The minimum Gasteiger partial charge on any atom is -0.481 e. The number of aliphatic carboxylic acids is 1. The summed E-state index contributed by atoms with van der Waals surface area (Å²) in [6.07, 6.45) is 1.82. The highest BCUT2D eigenvalue weighted by Crippen LogP contribution is 2.27. The van der Waals surface area contributed by atoms with Crippen LogP contribution in [0.4, 0.5) is 5.82 Å². The Morgan fingerprint density at radius 2 is 2.47 bits per heavy atom. The van der Waals surface area contributed by atoms with Crippen molar-refractivity contribution in [1.82, 2.24) is 9.78 Å². The van der Waals surface area contributed by atoms with Gasteiger partial charge >= 0.3 is 5.97 Å². The number of rotatable bonds is 2. The van der Waals surface area contributed by atoms with E-state index in [9.17, 15) is 4.79 Å². The Kier molecular flexibility index (Phi) is 2.38. The van der Waals surface area contributed by atoms with Gasteiger partial charge in [-0.3, -0.25) is 4.79 Å². The lowest BCUT2D eigenvalue weighted by Gasteiger charge is -2.23. The summed E-state index contributed by atoms with van der Waals surface area (Å²) < 4.78 is 1.75. The molecule has 5 nitrogen and oxygen atoms in total. The van der Waals surface area contributed by atoms with Crippen molar-refractivity contribution in [2.24, 2.45) is 5.92 Å². The van der Waals surface area contributed by atoms with Gasteiger partial charge in [0.1, 0.15) is 5.82 Å². The van der Waals surface area contributed by atoms with Crippen LogP contribution in [0, 0.1) is 5.92 Å². The number of carboxylic acids is 1. The number of hydrogen-bond donors (Lipinski definition) is 2. The van der Waals surface area contributed by atoms with Crippen molar-refractivity contribution < 1.29 is 9.90 Å². The molecule has 0 radical (unpaired) electrons. The van der Waals surface area contributed by atoms with Crippen LogP contribution in [-0.4, -0.2) is 27.4 Å². The molecule has 2 heterocycles. The lowest BCUT2D eigenvalue weighted by atomic mass is 10.0. The van der Waals surface area contributed by atoms with Gasteiger partial charge in [-0.2, -0.15) is 5.10 Å². The highest BCUT2D eigenvalue weighted by Gasteiger charge is 2.26. The number of nitrogens with one attached hydrogen (secondary N) is 1. The second kappa shape index (κ2) is 3.56. The Labute approximate surface area is 88.1 Å². The number of carbonyl (C=O) groups is 1. The lowest BCUT2D eigenvalue weighted by molar-refractivity contribution is -0.141. The molecule has 2 N–H and O–H groups in total. The van der Waals surface area contributed by atoms with Crippen molar-refractivity contribution in [2.75, 3.05) is 11.9 Å². The molecular formula is C10H15N3O2. The first-order valence-electron chi connectivity index (χ1n) is 5.12. The summed E-state index contributed by atoms with van der Waals surface area (Å²) in [5.41, 5.74) is 1.15. The van der Waals surface area contributed by atoms with E-state index in [1.165, 1.54) is 0 Å². The largest absolute Gasteiger partial charge is 0.481 e. The molecule has 0 aliphatic carbocycles. The number of fused-ring (bicyclic) bond motifs is 1. The molecule has 1 aromatic rings. The summed E-state index contributed by atoms with van der Waals surface area (Å²) in [5.74, 6) is 0.234. The first-order valence-corrected chi connectivity index (χ1v) is 5.12. The van der Waals surface area contributed by atoms with Gasteiger partial charge < -0.3 is 10.4 Å². The Balaban J connectivity index is 2.26. The normalized spacial score (nSPS) is 19.8. The lowest BCUT2D eigenvalue weighted by Crippen LogP contribution is -2.33. The summed E-state index contributed by atoms with van der Waals surface area (Å²) in [5, 5.41) is 16.2. The number of carboxylic acid groups (broad SMARTS) is 1. The topological polar surface area (TPSA) is 67.2 Å². The van der Waals surface area contributed by atoms with Gasteiger partial charge in [0, 0.05) is 12.1 Å². The highest BCUT2D eigenvalue weighted by atomic mass is 16.4. The summed E-state index contributed by atoms with van der Waals surface area (Å²) in [6.45, 7) is 5.15. The third kappa shape index (κ3) is 1.69. The maximum atomic E-state index is 10.8. The van der Waals surface area contributed by atoms with Crippen LogP contribution in [0.5, 0.6) is 0 Å². The van der Waals surface area contributed by atoms with E-state index in [1.807, 2.05) is 6.20 Å². The molecule has 1 aliphatic rings. The Bertz CT molecular complexity index is 384. The third-order valence-corrected chi connectivity index (χ3v) is 2.75. The number of hydrogen-bond acceptors (Lipinski definition) is 3. The molecule has 5 heteroatoms. The van der Waals surface area contributed by atoms with E-state index >= 15 is 0 Å². The molecule has 0 saturated carbocycles. The summed E-state index contributed by atoms with van der Waals surface area (Å²) >= 11 is 0. The number of anilines is 1. The second-order valence-electron chi connectivity index (χ2n) is 4.20. The zero-order valence-electron chi connectivity index (χ0n) is 8.90. The van der Waals surface area contributed by atoms with Gasteiger partial charge in [0.25, 0.3) is 0 Å². The maximum absolute atomic E-state index is 10.8. The Morgan fingerprint density at radius 3 is 3.07 bits per heavy atom. The van der Waals surface area contributed by atoms with E-state index in [0.29, 0.717) is 19.0 Å². The van der Waals surface area contributed by atoms with E-state index < -0.39 is 5.97 Å². The molecule has 0 fully saturated rings. The third-order valence-electron chi connectivity index (χ3n) is 2.75. The van der Waals surface area contributed by atoms with E-state index in [1.54, 1.807) is 4.68 Å². The molecule has 1 aliphatic heterocycles. The molecule has 15 heavy (non-hydrogen) atoms. The second-order valence-corrected chi connectivity index (χ2v) is 4.20. The first kappa shape index (κ1) is 10.0. The minimum absolute atomic E-state index is 0.377. The SMILES string of the molecule is CC(C)c1cnn2c1NCC(C(=O)O)C2. The van der Waals surface area contributed by atoms with E-state index in [-0.39, 0.29) is 5.92 Å². The van der Waals surface area contributed by atoms with Gasteiger partial charge in [0.15, 0.2) is 0 Å². The van der Waals surface area contributed by atoms with Crippen LogP contribution in [0.2, 0.25) is 0 Å². The first-order chi connectivity index (χ1) is 7.09. The quantitative estimate of drug-likeness (QED) is 0.766. The summed E-state index contributed by atoms with van der Waals surface area (Å²) in [7, 11) is 0. The highest BCUT2D eigenvalue weighted by molar-refractivity contribution is 5.71. The van der Waals surface area contributed by atoms with Crippen LogP contribution in [0.25, 0.3) is 0 Å². The van der Waals surface area contributed by atoms with Crippen molar-refractivity contribution in [2.45, 2.75) is 26.3 Å². The van der Waals surface area contributed by atoms with E-state index in [0.717, 1.165) is 11.4 Å². The van der Waals surface area contributed by atoms with Gasteiger partial charge in [0.05, 0.1) is 18.7 Å². The fourth-order valence-corrected chi connectivity index (χ4v) is 1.81. The monoisotopic (exact) mass is 209 g/mol. The van der Waals surface area contributed by atoms with Crippen LogP contribution < -0.4 is 5.32 Å². The molecule has 0 saturated heterocycles. The molecule has 1 aromatic heterocycles. The van der Waals surface area contributed by atoms with Crippen molar-refractivity contribution in [1.29, 1.82) is 0 Å². The van der Waals surface area contributed by atoms with Crippen LogP contribution in [0.3, 0.4) is 0 Å².